The molecule has 0 bridgehead atoms. The van der Waals surface area contributed by atoms with Crippen LogP contribution < -0.4 is 0 Å². The first-order valence-corrected chi connectivity index (χ1v) is 10.7. The van der Waals surface area contributed by atoms with Crippen LogP contribution in [0.2, 0.25) is 5.02 Å². The van der Waals surface area contributed by atoms with Crippen molar-refractivity contribution in [2.24, 2.45) is 0 Å². The quantitative estimate of drug-likeness (QED) is 0.428. The van der Waals surface area contributed by atoms with E-state index in [1.54, 1.807) is 0 Å². The number of benzene rings is 2. The van der Waals surface area contributed by atoms with Crippen LogP contribution in [-0.4, -0.2) is 28.0 Å². The Kier molecular flexibility index (Phi) is 8.12. The van der Waals surface area contributed by atoms with Gasteiger partial charge in [0.25, 0.3) is 0 Å². The maximum atomic E-state index is 12.9. The second-order valence-corrected chi connectivity index (χ2v) is 7.95. The molecule has 0 fully saturated rings. The van der Waals surface area contributed by atoms with Gasteiger partial charge in [-0.25, -0.2) is 0 Å². The number of rotatable bonds is 10. The highest BCUT2D eigenvalue weighted by atomic mass is 35.5. The SMILES string of the molecule is CC[C@@H](C)N(Cc1cccn1Cc1cccc(Cl)c1)C(=O)COCc1ccccc1. The Morgan fingerprint density at radius 1 is 1.07 bits per heavy atom. The van der Waals surface area contributed by atoms with Crippen molar-refractivity contribution >= 4 is 17.5 Å². The monoisotopic (exact) mass is 424 g/mol. The van der Waals surface area contributed by atoms with Gasteiger partial charge in [-0.3, -0.25) is 4.79 Å². The van der Waals surface area contributed by atoms with E-state index in [1.807, 2.05) is 65.7 Å². The first kappa shape index (κ1) is 22.1. The minimum atomic E-state index is 0.00999. The summed E-state index contributed by atoms with van der Waals surface area (Å²) in [6.07, 6.45) is 2.93. The van der Waals surface area contributed by atoms with E-state index in [9.17, 15) is 4.79 Å². The van der Waals surface area contributed by atoms with Crippen molar-refractivity contribution in [1.82, 2.24) is 9.47 Å². The molecule has 0 aliphatic heterocycles. The molecule has 1 heterocycles. The molecule has 0 aliphatic carbocycles. The molecule has 4 nitrogen and oxygen atoms in total. The maximum Gasteiger partial charge on any atom is 0.249 e. The van der Waals surface area contributed by atoms with Crippen LogP contribution in [0.1, 0.15) is 37.1 Å². The first-order valence-electron chi connectivity index (χ1n) is 10.4. The molecule has 158 valence electrons. The highest BCUT2D eigenvalue weighted by Crippen LogP contribution is 2.16. The molecule has 1 atom stereocenters. The van der Waals surface area contributed by atoms with Gasteiger partial charge in [-0.15, -0.1) is 0 Å². The van der Waals surface area contributed by atoms with Gasteiger partial charge < -0.3 is 14.2 Å². The predicted molar refractivity (Wildman–Crippen MR) is 121 cm³/mol. The fraction of sp³-hybridized carbons (Fsp3) is 0.320. The number of carbonyl (C=O) groups is 1. The Morgan fingerprint density at radius 2 is 1.83 bits per heavy atom. The largest absolute Gasteiger partial charge is 0.367 e. The molecule has 0 saturated carbocycles. The van der Waals surface area contributed by atoms with E-state index in [1.165, 1.54) is 0 Å². The van der Waals surface area contributed by atoms with E-state index in [2.05, 4.69) is 30.5 Å². The number of hydrogen-bond acceptors (Lipinski definition) is 2. The Morgan fingerprint density at radius 3 is 2.57 bits per heavy atom. The van der Waals surface area contributed by atoms with Crippen molar-refractivity contribution < 1.29 is 9.53 Å². The van der Waals surface area contributed by atoms with Crippen LogP contribution in [0.3, 0.4) is 0 Å². The molecule has 0 saturated heterocycles. The topological polar surface area (TPSA) is 34.5 Å². The lowest BCUT2D eigenvalue weighted by Gasteiger charge is -2.29. The molecular weight excluding hydrogens is 396 g/mol. The normalized spacial score (nSPS) is 12.0. The minimum absolute atomic E-state index is 0.00999. The van der Waals surface area contributed by atoms with Crippen molar-refractivity contribution in [3.63, 3.8) is 0 Å². The fourth-order valence-corrected chi connectivity index (χ4v) is 3.59. The van der Waals surface area contributed by atoms with Crippen LogP contribution in [0.5, 0.6) is 0 Å². The van der Waals surface area contributed by atoms with Crippen LogP contribution >= 0.6 is 11.6 Å². The van der Waals surface area contributed by atoms with E-state index in [0.29, 0.717) is 13.2 Å². The molecule has 0 N–H and O–H groups in total. The third-order valence-corrected chi connectivity index (χ3v) is 5.51. The Balaban J connectivity index is 1.65. The van der Waals surface area contributed by atoms with E-state index >= 15 is 0 Å². The lowest BCUT2D eigenvalue weighted by Crippen LogP contribution is -2.40. The van der Waals surface area contributed by atoms with E-state index in [0.717, 1.165) is 34.8 Å². The molecule has 3 aromatic rings. The maximum absolute atomic E-state index is 12.9. The van der Waals surface area contributed by atoms with Gasteiger partial charge >= 0.3 is 0 Å². The summed E-state index contributed by atoms with van der Waals surface area (Å²) in [5.41, 5.74) is 3.29. The standard InChI is InChI=1S/C25H29ClN2O2/c1-3-20(2)28(25(29)19-30-18-21-9-5-4-6-10-21)17-24-13-8-14-27(24)16-22-11-7-12-23(26)15-22/h4-15,20H,3,16-19H2,1-2H3/t20-/m1/s1. The van der Waals surface area contributed by atoms with Crippen molar-refractivity contribution in [2.45, 2.75) is 46.0 Å². The van der Waals surface area contributed by atoms with Crippen molar-refractivity contribution in [2.75, 3.05) is 6.61 Å². The van der Waals surface area contributed by atoms with Crippen molar-refractivity contribution in [1.29, 1.82) is 0 Å². The molecule has 30 heavy (non-hydrogen) atoms. The Bertz CT molecular complexity index is 939. The summed E-state index contributed by atoms with van der Waals surface area (Å²) in [4.78, 5) is 14.9. The molecule has 0 radical (unpaired) electrons. The molecule has 0 spiro atoms. The number of nitrogens with zero attached hydrogens (tertiary/aromatic N) is 2. The zero-order chi connectivity index (χ0) is 21.3. The number of hydrogen-bond donors (Lipinski definition) is 0. The van der Waals surface area contributed by atoms with Gasteiger partial charge in [-0.05, 0) is 48.7 Å². The summed E-state index contributed by atoms with van der Waals surface area (Å²) in [7, 11) is 0. The van der Waals surface area contributed by atoms with Gasteiger partial charge in [-0.1, -0.05) is 61.0 Å². The molecule has 3 rings (SSSR count). The van der Waals surface area contributed by atoms with Gasteiger partial charge in [0.1, 0.15) is 6.61 Å². The summed E-state index contributed by atoms with van der Waals surface area (Å²) in [6, 6.07) is 22.0. The van der Waals surface area contributed by atoms with E-state index < -0.39 is 0 Å². The second-order valence-electron chi connectivity index (χ2n) is 7.51. The lowest BCUT2D eigenvalue weighted by molar-refractivity contribution is -0.139. The highest BCUT2D eigenvalue weighted by molar-refractivity contribution is 6.30. The van der Waals surface area contributed by atoms with E-state index in [-0.39, 0.29) is 18.6 Å². The summed E-state index contributed by atoms with van der Waals surface area (Å²) >= 11 is 6.13. The van der Waals surface area contributed by atoms with Gasteiger partial charge in [-0.2, -0.15) is 0 Å². The number of amides is 1. The number of aromatic nitrogens is 1. The molecule has 1 aromatic heterocycles. The Labute approximate surface area is 184 Å². The van der Waals surface area contributed by atoms with Crippen LogP contribution in [0, 0.1) is 0 Å². The van der Waals surface area contributed by atoms with Gasteiger partial charge in [0.2, 0.25) is 5.91 Å². The second kappa shape index (κ2) is 11.0. The zero-order valence-corrected chi connectivity index (χ0v) is 18.4. The predicted octanol–water partition coefficient (Wildman–Crippen LogP) is 5.53. The number of halogens is 1. The lowest BCUT2D eigenvalue weighted by atomic mass is 10.2. The summed E-state index contributed by atoms with van der Waals surface area (Å²) in [5, 5.41) is 0.730. The fourth-order valence-electron chi connectivity index (χ4n) is 3.38. The van der Waals surface area contributed by atoms with Gasteiger partial charge in [0.15, 0.2) is 0 Å². The van der Waals surface area contributed by atoms with Crippen LogP contribution in [0.25, 0.3) is 0 Å². The third kappa shape index (κ3) is 6.22. The number of ether oxygens (including phenoxy) is 1. The van der Waals surface area contributed by atoms with Crippen molar-refractivity contribution in [3.8, 4) is 0 Å². The highest BCUT2D eigenvalue weighted by Gasteiger charge is 2.20. The van der Waals surface area contributed by atoms with Crippen LogP contribution in [-0.2, 0) is 29.2 Å². The van der Waals surface area contributed by atoms with Crippen LogP contribution in [0.4, 0.5) is 0 Å². The summed E-state index contributed by atoms with van der Waals surface area (Å²) in [6.45, 7) is 5.96. The third-order valence-electron chi connectivity index (χ3n) is 5.28. The molecule has 5 heteroatoms. The summed E-state index contributed by atoms with van der Waals surface area (Å²) in [5.74, 6) is 0.00999. The van der Waals surface area contributed by atoms with Gasteiger partial charge in [0, 0.05) is 29.5 Å². The molecule has 0 unspecified atom stereocenters. The smallest absolute Gasteiger partial charge is 0.249 e. The molecule has 0 aliphatic rings. The molecule has 2 aromatic carbocycles. The molecule has 1 amide bonds. The van der Waals surface area contributed by atoms with Gasteiger partial charge in [0.05, 0.1) is 13.2 Å². The Hall–Kier alpha value is -2.56. The van der Waals surface area contributed by atoms with Crippen molar-refractivity contribution in [3.05, 3.63) is 94.8 Å². The minimum Gasteiger partial charge on any atom is -0.367 e. The summed E-state index contributed by atoms with van der Waals surface area (Å²) < 4.78 is 7.87. The average Bonchev–Trinajstić information content (AvgIpc) is 3.18. The van der Waals surface area contributed by atoms with Crippen LogP contribution in [0.15, 0.2) is 72.9 Å². The number of carbonyl (C=O) groups excluding carboxylic acids is 1. The average molecular weight is 425 g/mol. The van der Waals surface area contributed by atoms with E-state index in [4.69, 9.17) is 16.3 Å². The molecular formula is C25H29ClN2O2. The zero-order valence-electron chi connectivity index (χ0n) is 17.6. The first-order chi connectivity index (χ1) is 14.6.